The zero-order chi connectivity index (χ0) is 13.9. The number of halogens is 1. The van der Waals surface area contributed by atoms with Gasteiger partial charge < -0.3 is 10.3 Å². The zero-order valence-electron chi connectivity index (χ0n) is 12.1. The lowest BCUT2D eigenvalue weighted by Crippen LogP contribution is -2.31. The molecule has 0 radical (unpaired) electrons. The smallest absolute Gasteiger partial charge is 0.125 e. The minimum atomic E-state index is -0.182. The van der Waals surface area contributed by atoms with E-state index in [0.29, 0.717) is 6.04 Å². The highest BCUT2D eigenvalue weighted by atomic mass is 19.1. The standard InChI is InChI=1S/C17H23FN2/c1-12(9-13-3-2-4-13)19-8-7-14-11-20-17-10-15(18)5-6-16(14)17/h5-6,10-13,19-20H,2-4,7-9H2,1H3. The quantitative estimate of drug-likeness (QED) is 0.818. The lowest BCUT2D eigenvalue weighted by Gasteiger charge is -2.28. The van der Waals surface area contributed by atoms with Crippen molar-refractivity contribution in [3.05, 3.63) is 35.8 Å². The molecule has 0 saturated heterocycles. The summed E-state index contributed by atoms with van der Waals surface area (Å²) in [5.41, 5.74) is 2.16. The molecule has 2 nitrogen and oxygen atoms in total. The maximum Gasteiger partial charge on any atom is 0.125 e. The average molecular weight is 274 g/mol. The Labute approximate surface area is 119 Å². The van der Waals surface area contributed by atoms with Crippen molar-refractivity contribution in [3.63, 3.8) is 0 Å². The SMILES string of the molecule is CC(CC1CCC1)NCCc1c[nH]c2cc(F)ccc12. The summed E-state index contributed by atoms with van der Waals surface area (Å²) >= 11 is 0. The topological polar surface area (TPSA) is 27.8 Å². The number of fused-ring (bicyclic) bond motifs is 1. The summed E-state index contributed by atoms with van der Waals surface area (Å²) in [5, 5.41) is 4.75. The molecule has 1 fully saturated rings. The minimum Gasteiger partial charge on any atom is -0.361 e. The fourth-order valence-corrected chi connectivity index (χ4v) is 3.13. The second kappa shape index (κ2) is 5.96. The average Bonchev–Trinajstić information content (AvgIpc) is 2.76. The Balaban J connectivity index is 1.51. The first-order chi connectivity index (χ1) is 9.72. The predicted octanol–water partition coefficient (Wildman–Crippen LogP) is 4.02. The molecular formula is C17H23FN2. The van der Waals surface area contributed by atoms with E-state index in [-0.39, 0.29) is 5.82 Å². The predicted molar refractivity (Wildman–Crippen MR) is 81.4 cm³/mol. The first-order valence-electron chi connectivity index (χ1n) is 7.71. The Hall–Kier alpha value is -1.35. The largest absolute Gasteiger partial charge is 0.361 e. The van der Waals surface area contributed by atoms with E-state index < -0.39 is 0 Å². The summed E-state index contributed by atoms with van der Waals surface area (Å²) in [5.74, 6) is 0.770. The number of nitrogens with one attached hydrogen (secondary N) is 2. The van der Waals surface area contributed by atoms with E-state index >= 15 is 0 Å². The third-order valence-corrected chi connectivity index (χ3v) is 4.53. The van der Waals surface area contributed by atoms with Crippen LogP contribution in [0.25, 0.3) is 10.9 Å². The second-order valence-corrected chi connectivity index (χ2v) is 6.14. The zero-order valence-corrected chi connectivity index (χ0v) is 12.1. The van der Waals surface area contributed by atoms with Gasteiger partial charge in [-0.25, -0.2) is 4.39 Å². The number of hydrogen-bond acceptors (Lipinski definition) is 1. The Morgan fingerprint density at radius 3 is 3.00 bits per heavy atom. The molecule has 108 valence electrons. The molecule has 1 heterocycles. The van der Waals surface area contributed by atoms with Crippen molar-refractivity contribution >= 4 is 10.9 Å². The van der Waals surface area contributed by atoms with E-state index in [1.54, 1.807) is 6.07 Å². The maximum atomic E-state index is 13.1. The van der Waals surface area contributed by atoms with Crippen molar-refractivity contribution in [3.8, 4) is 0 Å². The van der Waals surface area contributed by atoms with Gasteiger partial charge in [0.2, 0.25) is 0 Å². The molecule has 1 unspecified atom stereocenters. The van der Waals surface area contributed by atoms with Gasteiger partial charge in [0.1, 0.15) is 5.82 Å². The molecule has 3 heteroatoms. The molecule has 2 N–H and O–H groups in total. The third-order valence-electron chi connectivity index (χ3n) is 4.53. The molecule has 1 aromatic carbocycles. The van der Waals surface area contributed by atoms with Crippen LogP contribution in [-0.4, -0.2) is 17.6 Å². The summed E-state index contributed by atoms with van der Waals surface area (Å²) in [6.07, 6.45) is 8.55. The van der Waals surface area contributed by atoms with Crippen molar-refractivity contribution in [2.24, 2.45) is 5.92 Å². The lowest BCUT2D eigenvalue weighted by molar-refractivity contribution is 0.266. The van der Waals surface area contributed by atoms with E-state index in [2.05, 4.69) is 17.2 Å². The van der Waals surface area contributed by atoms with Gasteiger partial charge >= 0.3 is 0 Å². The van der Waals surface area contributed by atoms with Crippen LogP contribution in [0.2, 0.25) is 0 Å². The van der Waals surface area contributed by atoms with Crippen LogP contribution in [0.4, 0.5) is 4.39 Å². The number of rotatable bonds is 6. The van der Waals surface area contributed by atoms with Crippen molar-refractivity contribution in [2.75, 3.05) is 6.54 Å². The van der Waals surface area contributed by atoms with Crippen molar-refractivity contribution < 1.29 is 4.39 Å². The van der Waals surface area contributed by atoms with Crippen LogP contribution in [0, 0.1) is 11.7 Å². The summed E-state index contributed by atoms with van der Waals surface area (Å²) in [6.45, 7) is 3.27. The molecular weight excluding hydrogens is 251 g/mol. The molecule has 1 aromatic heterocycles. The molecule has 0 aliphatic heterocycles. The van der Waals surface area contributed by atoms with E-state index in [1.807, 2.05) is 12.3 Å². The number of aromatic amines is 1. The monoisotopic (exact) mass is 274 g/mol. The van der Waals surface area contributed by atoms with Gasteiger partial charge in [0.15, 0.2) is 0 Å². The molecule has 1 aliphatic rings. The Morgan fingerprint density at radius 2 is 2.25 bits per heavy atom. The fourth-order valence-electron chi connectivity index (χ4n) is 3.13. The number of benzene rings is 1. The molecule has 0 spiro atoms. The number of hydrogen-bond donors (Lipinski definition) is 2. The summed E-state index contributed by atoms with van der Waals surface area (Å²) in [7, 11) is 0. The lowest BCUT2D eigenvalue weighted by atomic mass is 9.81. The van der Waals surface area contributed by atoms with Gasteiger partial charge in [-0.2, -0.15) is 0 Å². The van der Waals surface area contributed by atoms with Crippen LogP contribution < -0.4 is 5.32 Å². The molecule has 1 aliphatic carbocycles. The molecule has 2 aromatic rings. The van der Waals surface area contributed by atoms with E-state index in [4.69, 9.17) is 0 Å². The first-order valence-corrected chi connectivity index (χ1v) is 7.71. The van der Waals surface area contributed by atoms with Crippen LogP contribution in [0.3, 0.4) is 0 Å². The molecule has 1 atom stereocenters. The highest BCUT2D eigenvalue weighted by molar-refractivity contribution is 5.83. The normalized spacial score (nSPS) is 17.3. The van der Waals surface area contributed by atoms with Crippen molar-refractivity contribution in [2.45, 2.75) is 45.1 Å². The second-order valence-electron chi connectivity index (χ2n) is 6.14. The van der Waals surface area contributed by atoms with Crippen LogP contribution in [0.1, 0.15) is 38.2 Å². The molecule has 0 amide bonds. The maximum absolute atomic E-state index is 13.1. The van der Waals surface area contributed by atoms with Crippen LogP contribution >= 0.6 is 0 Å². The first kappa shape index (κ1) is 13.6. The van der Waals surface area contributed by atoms with Crippen LogP contribution in [0.5, 0.6) is 0 Å². The Morgan fingerprint density at radius 1 is 1.40 bits per heavy atom. The van der Waals surface area contributed by atoms with Gasteiger partial charge in [0.05, 0.1) is 0 Å². The van der Waals surface area contributed by atoms with E-state index in [1.165, 1.54) is 37.3 Å². The van der Waals surface area contributed by atoms with E-state index in [0.717, 1.165) is 29.8 Å². The third kappa shape index (κ3) is 3.04. The summed E-state index contributed by atoms with van der Waals surface area (Å²) in [4.78, 5) is 3.15. The Kier molecular flexibility index (Phi) is 4.06. The summed E-state index contributed by atoms with van der Waals surface area (Å²) in [6, 6.07) is 5.56. The molecule has 1 saturated carbocycles. The Bertz CT molecular complexity index is 571. The van der Waals surface area contributed by atoms with Gasteiger partial charge in [0, 0.05) is 23.1 Å². The van der Waals surface area contributed by atoms with E-state index in [9.17, 15) is 4.39 Å². The van der Waals surface area contributed by atoms with Crippen molar-refractivity contribution in [1.82, 2.24) is 10.3 Å². The van der Waals surface area contributed by atoms with Gasteiger partial charge in [0.25, 0.3) is 0 Å². The highest BCUT2D eigenvalue weighted by Crippen LogP contribution is 2.30. The fraction of sp³-hybridized carbons (Fsp3) is 0.529. The van der Waals surface area contributed by atoms with Crippen LogP contribution in [-0.2, 0) is 6.42 Å². The van der Waals surface area contributed by atoms with Gasteiger partial charge in [-0.1, -0.05) is 19.3 Å². The molecule has 3 rings (SSSR count). The van der Waals surface area contributed by atoms with Gasteiger partial charge in [-0.15, -0.1) is 0 Å². The molecule has 20 heavy (non-hydrogen) atoms. The number of aromatic nitrogens is 1. The summed E-state index contributed by atoms with van der Waals surface area (Å²) < 4.78 is 13.1. The number of H-pyrrole nitrogens is 1. The highest BCUT2D eigenvalue weighted by Gasteiger charge is 2.19. The minimum absolute atomic E-state index is 0.182. The van der Waals surface area contributed by atoms with Gasteiger partial charge in [-0.05, 0) is 56.0 Å². The van der Waals surface area contributed by atoms with Gasteiger partial charge in [-0.3, -0.25) is 0 Å². The molecule has 0 bridgehead atoms. The van der Waals surface area contributed by atoms with Crippen LogP contribution in [0.15, 0.2) is 24.4 Å². The van der Waals surface area contributed by atoms with Crippen molar-refractivity contribution in [1.29, 1.82) is 0 Å².